The zero-order valence-corrected chi connectivity index (χ0v) is 9.34. The van der Waals surface area contributed by atoms with E-state index in [1.54, 1.807) is 5.57 Å². The van der Waals surface area contributed by atoms with Crippen LogP contribution >= 0.6 is 0 Å². The van der Waals surface area contributed by atoms with Crippen LogP contribution < -0.4 is 0 Å². The van der Waals surface area contributed by atoms with Gasteiger partial charge < -0.3 is 0 Å². The average Bonchev–Trinajstić information content (AvgIpc) is 2.30. The number of rotatable bonds is 2. The lowest BCUT2D eigenvalue weighted by Gasteiger charge is -2.29. The van der Waals surface area contributed by atoms with Gasteiger partial charge in [0.15, 0.2) is 0 Å². The molecule has 1 saturated carbocycles. The second-order valence-corrected chi connectivity index (χ2v) is 4.87. The minimum Gasteiger partial charge on any atom is -0.0840 e. The molecule has 1 unspecified atom stereocenters. The first-order valence-corrected chi connectivity index (χ1v) is 6.24. The molecule has 0 aromatic carbocycles. The Bertz CT molecular complexity index is 228. The highest BCUT2D eigenvalue weighted by molar-refractivity contribution is 5.25. The first-order chi connectivity index (χ1) is 6.88. The van der Waals surface area contributed by atoms with Crippen LogP contribution in [0, 0.1) is 11.8 Å². The molecule has 0 spiro atoms. The maximum Gasteiger partial charge on any atom is -0.0165 e. The van der Waals surface area contributed by atoms with Gasteiger partial charge in [-0.3, -0.25) is 0 Å². The van der Waals surface area contributed by atoms with Gasteiger partial charge in [-0.25, -0.2) is 0 Å². The van der Waals surface area contributed by atoms with E-state index in [1.165, 1.54) is 44.9 Å². The molecule has 2 rings (SSSR count). The van der Waals surface area contributed by atoms with Crippen LogP contribution in [0.1, 0.15) is 51.9 Å². The van der Waals surface area contributed by atoms with Crippen molar-refractivity contribution in [2.75, 3.05) is 0 Å². The molecule has 0 radical (unpaired) electrons. The van der Waals surface area contributed by atoms with Crippen LogP contribution in [0.3, 0.4) is 0 Å². The molecular formula is C14H22. The zero-order chi connectivity index (χ0) is 9.80. The number of hydrogen-bond acceptors (Lipinski definition) is 0. The summed E-state index contributed by atoms with van der Waals surface area (Å²) in [4.78, 5) is 0. The molecule has 0 saturated heterocycles. The van der Waals surface area contributed by atoms with E-state index >= 15 is 0 Å². The third-order valence-electron chi connectivity index (χ3n) is 3.91. The Morgan fingerprint density at radius 1 is 1.14 bits per heavy atom. The second-order valence-electron chi connectivity index (χ2n) is 4.87. The molecule has 0 aromatic rings. The summed E-state index contributed by atoms with van der Waals surface area (Å²) >= 11 is 0. The fourth-order valence-corrected chi connectivity index (χ4v) is 2.88. The topological polar surface area (TPSA) is 0 Å². The Kier molecular flexibility index (Phi) is 3.44. The predicted octanol–water partition coefficient (Wildman–Crippen LogP) is 4.48. The van der Waals surface area contributed by atoms with Gasteiger partial charge in [-0.05, 0) is 43.1 Å². The highest BCUT2D eigenvalue weighted by Gasteiger charge is 2.21. The van der Waals surface area contributed by atoms with E-state index in [0.29, 0.717) is 0 Å². The SMILES string of the molecule is CC(C1=CCCC=C1)C1CCCCC1. The van der Waals surface area contributed by atoms with Crippen molar-refractivity contribution < 1.29 is 0 Å². The van der Waals surface area contributed by atoms with Crippen molar-refractivity contribution in [1.82, 2.24) is 0 Å². The van der Waals surface area contributed by atoms with E-state index in [2.05, 4.69) is 25.2 Å². The van der Waals surface area contributed by atoms with Gasteiger partial charge in [0.1, 0.15) is 0 Å². The Balaban J connectivity index is 1.95. The maximum atomic E-state index is 2.46. The van der Waals surface area contributed by atoms with Crippen molar-refractivity contribution in [2.24, 2.45) is 11.8 Å². The van der Waals surface area contributed by atoms with Crippen LogP contribution in [0.25, 0.3) is 0 Å². The molecule has 1 fully saturated rings. The molecule has 0 bridgehead atoms. The van der Waals surface area contributed by atoms with E-state index in [1.807, 2.05) is 0 Å². The summed E-state index contributed by atoms with van der Waals surface area (Å²) in [7, 11) is 0. The molecule has 0 aromatic heterocycles. The molecule has 2 aliphatic carbocycles. The van der Waals surface area contributed by atoms with E-state index < -0.39 is 0 Å². The van der Waals surface area contributed by atoms with Crippen LogP contribution in [-0.2, 0) is 0 Å². The monoisotopic (exact) mass is 190 g/mol. The number of hydrogen-bond donors (Lipinski definition) is 0. The van der Waals surface area contributed by atoms with Crippen LogP contribution in [0.2, 0.25) is 0 Å². The summed E-state index contributed by atoms with van der Waals surface area (Å²) in [6.07, 6.45) is 17.0. The molecule has 1 atom stereocenters. The van der Waals surface area contributed by atoms with Crippen LogP contribution in [0.5, 0.6) is 0 Å². The lowest BCUT2D eigenvalue weighted by molar-refractivity contribution is 0.293. The van der Waals surface area contributed by atoms with E-state index in [9.17, 15) is 0 Å². The fourth-order valence-electron chi connectivity index (χ4n) is 2.88. The fraction of sp³-hybridized carbons (Fsp3) is 0.714. The van der Waals surface area contributed by atoms with Gasteiger partial charge in [0.25, 0.3) is 0 Å². The highest BCUT2D eigenvalue weighted by atomic mass is 14.3. The van der Waals surface area contributed by atoms with Crippen LogP contribution in [0.4, 0.5) is 0 Å². The van der Waals surface area contributed by atoms with Crippen molar-refractivity contribution in [1.29, 1.82) is 0 Å². The summed E-state index contributed by atoms with van der Waals surface area (Å²) in [6, 6.07) is 0. The largest absolute Gasteiger partial charge is 0.0840 e. The van der Waals surface area contributed by atoms with Gasteiger partial charge in [0, 0.05) is 0 Å². The Hall–Kier alpha value is -0.520. The Morgan fingerprint density at radius 2 is 1.93 bits per heavy atom. The minimum atomic E-state index is 0.812. The first-order valence-electron chi connectivity index (χ1n) is 6.24. The van der Waals surface area contributed by atoms with Crippen molar-refractivity contribution >= 4 is 0 Å². The van der Waals surface area contributed by atoms with E-state index in [-0.39, 0.29) is 0 Å². The average molecular weight is 190 g/mol. The van der Waals surface area contributed by atoms with Gasteiger partial charge in [0.05, 0.1) is 0 Å². The maximum absolute atomic E-state index is 2.46. The molecule has 0 amide bonds. The highest BCUT2D eigenvalue weighted by Crippen LogP contribution is 2.34. The number of allylic oxidation sites excluding steroid dienone is 4. The second kappa shape index (κ2) is 4.82. The summed E-state index contributed by atoms with van der Waals surface area (Å²) in [6.45, 7) is 2.43. The molecule has 0 aliphatic heterocycles. The standard InChI is InChI=1S/C14H22/c1-12(13-8-4-2-5-9-13)14-10-6-3-7-11-14/h4,8-9,12,14H,2-3,5-7,10-11H2,1H3. The Labute approximate surface area is 88.1 Å². The molecule has 2 aliphatic rings. The summed E-state index contributed by atoms with van der Waals surface area (Å²) in [5, 5.41) is 0. The Morgan fingerprint density at radius 3 is 2.57 bits per heavy atom. The van der Waals surface area contributed by atoms with Gasteiger partial charge in [-0.15, -0.1) is 0 Å². The molecule has 0 heteroatoms. The molecule has 0 N–H and O–H groups in total. The van der Waals surface area contributed by atoms with Gasteiger partial charge in [-0.1, -0.05) is 44.4 Å². The van der Waals surface area contributed by atoms with E-state index in [4.69, 9.17) is 0 Å². The molecule has 78 valence electrons. The lowest BCUT2D eigenvalue weighted by atomic mass is 9.76. The van der Waals surface area contributed by atoms with Crippen molar-refractivity contribution in [2.45, 2.75) is 51.9 Å². The molecule has 0 nitrogen and oxygen atoms in total. The summed E-state index contributed by atoms with van der Waals surface area (Å²) in [5.74, 6) is 1.78. The quantitative estimate of drug-likeness (QED) is 0.602. The predicted molar refractivity (Wildman–Crippen MR) is 62.2 cm³/mol. The van der Waals surface area contributed by atoms with Crippen molar-refractivity contribution in [3.8, 4) is 0 Å². The third-order valence-corrected chi connectivity index (χ3v) is 3.91. The lowest BCUT2D eigenvalue weighted by Crippen LogP contribution is -2.17. The molecule has 14 heavy (non-hydrogen) atoms. The molecule has 0 heterocycles. The van der Waals surface area contributed by atoms with Gasteiger partial charge >= 0.3 is 0 Å². The first kappa shape index (κ1) is 10.0. The van der Waals surface area contributed by atoms with Crippen molar-refractivity contribution in [3.63, 3.8) is 0 Å². The minimum absolute atomic E-state index is 0.812. The van der Waals surface area contributed by atoms with Crippen LogP contribution in [-0.4, -0.2) is 0 Å². The third kappa shape index (κ3) is 2.29. The van der Waals surface area contributed by atoms with E-state index in [0.717, 1.165) is 11.8 Å². The summed E-state index contributed by atoms with van der Waals surface area (Å²) < 4.78 is 0. The molecular weight excluding hydrogens is 168 g/mol. The van der Waals surface area contributed by atoms with Crippen LogP contribution in [0.15, 0.2) is 23.8 Å². The normalized spacial score (nSPS) is 25.9. The zero-order valence-electron chi connectivity index (χ0n) is 9.34. The summed E-state index contributed by atoms with van der Waals surface area (Å²) in [5.41, 5.74) is 1.61. The smallest absolute Gasteiger partial charge is 0.0165 e. The van der Waals surface area contributed by atoms with Gasteiger partial charge in [0.2, 0.25) is 0 Å². The van der Waals surface area contributed by atoms with Gasteiger partial charge in [-0.2, -0.15) is 0 Å². The van der Waals surface area contributed by atoms with Crippen molar-refractivity contribution in [3.05, 3.63) is 23.8 Å².